The molecule has 17 heavy (non-hydrogen) atoms. The number of nitrogens with zero attached hydrogens (tertiary/aromatic N) is 1. The molecule has 0 bridgehead atoms. The minimum atomic E-state index is -0.651. The third-order valence-electron chi connectivity index (χ3n) is 3.30. The van der Waals surface area contributed by atoms with E-state index in [1.165, 1.54) is 0 Å². The van der Waals surface area contributed by atoms with E-state index in [9.17, 15) is 4.79 Å². The van der Waals surface area contributed by atoms with Crippen LogP contribution in [-0.2, 0) is 14.3 Å². The van der Waals surface area contributed by atoms with Crippen molar-refractivity contribution >= 4 is 5.97 Å². The summed E-state index contributed by atoms with van der Waals surface area (Å²) in [6, 6.07) is 0.339. The van der Waals surface area contributed by atoms with Crippen molar-refractivity contribution in [3.63, 3.8) is 0 Å². The molecule has 0 aromatic rings. The summed E-state index contributed by atoms with van der Waals surface area (Å²) in [5.74, 6) is -0.193. The lowest BCUT2D eigenvalue weighted by Gasteiger charge is -2.39. The Morgan fingerprint density at radius 3 is 2.88 bits per heavy atom. The van der Waals surface area contributed by atoms with Crippen LogP contribution in [0.25, 0.3) is 0 Å². The van der Waals surface area contributed by atoms with Crippen molar-refractivity contribution in [3.05, 3.63) is 0 Å². The number of hydrogen-bond acceptors (Lipinski definition) is 5. The third-order valence-corrected chi connectivity index (χ3v) is 3.30. The fraction of sp³-hybridized carbons (Fsp3) is 0.917. The molecule has 0 saturated carbocycles. The molecule has 100 valence electrons. The highest BCUT2D eigenvalue weighted by Crippen LogP contribution is 2.14. The van der Waals surface area contributed by atoms with Crippen molar-refractivity contribution in [2.45, 2.75) is 32.4 Å². The summed E-state index contributed by atoms with van der Waals surface area (Å²) >= 11 is 0. The molecule has 1 fully saturated rings. The second-order valence-electron chi connectivity index (χ2n) is 4.70. The number of likely N-dealkylation sites (N-methyl/N-ethyl adjacent to an activating group) is 1. The molecular formula is C12H24N2O3. The molecule has 1 N–H and O–H groups in total. The van der Waals surface area contributed by atoms with E-state index in [0.717, 1.165) is 19.8 Å². The van der Waals surface area contributed by atoms with E-state index in [2.05, 4.69) is 17.1 Å². The minimum absolute atomic E-state index is 0.193. The molecular weight excluding hydrogens is 220 g/mol. The molecule has 1 aliphatic rings. The van der Waals surface area contributed by atoms with Crippen LogP contribution in [0.5, 0.6) is 0 Å². The highest BCUT2D eigenvalue weighted by Gasteiger charge is 2.36. The molecule has 5 nitrogen and oxygen atoms in total. The van der Waals surface area contributed by atoms with E-state index < -0.39 is 5.54 Å². The molecule has 0 aromatic carbocycles. The summed E-state index contributed by atoms with van der Waals surface area (Å²) < 4.78 is 10.5. The van der Waals surface area contributed by atoms with Crippen LogP contribution in [0.2, 0.25) is 0 Å². The summed E-state index contributed by atoms with van der Waals surface area (Å²) in [5, 5.41) is 3.07. The van der Waals surface area contributed by atoms with Gasteiger partial charge in [-0.05, 0) is 27.8 Å². The predicted octanol–water partition coefficient (Wildman–Crippen LogP) is 0.248. The van der Waals surface area contributed by atoms with Crippen LogP contribution in [-0.4, -0.2) is 62.4 Å². The summed E-state index contributed by atoms with van der Waals surface area (Å²) in [6.45, 7) is 9.19. The van der Waals surface area contributed by atoms with Crippen LogP contribution in [0.3, 0.4) is 0 Å². The van der Waals surface area contributed by atoms with Gasteiger partial charge in [0.2, 0.25) is 0 Å². The minimum Gasteiger partial charge on any atom is -0.465 e. The molecule has 2 unspecified atom stereocenters. The average Bonchev–Trinajstić information content (AvgIpc) is 2.32. The van der Waals surface area contributed by atoms with Crippen molar-refractivity contribution < 1.29 is 14.3 Å². The second kappa shape index (κ2) is 6.33. The first kappa shape index (κ1) is 14.4. The zero-order chi connectivity index (χ0) is 12.9. The van der Waals surface area contributed by atoms with Gasteiger partial charge in [0.05, 0.1) is 19.8 Å². The molecule has 0 spiro atoms. The van der Waals surface area contributed by atoms with Gasteiger partial charge in [-0.25, -0.2) is 0 Å². The second-order valence-corrected chi connectivity index (χ2v) is 4.70. The van der Waals surface area contributed by atoms with Gasteiger partial charge in [0.25, 0.3) is 0 Å². The lowest BCUT2D eigenvalue weighted by Crippen LogP contribution is -2.59. The summed E-state index contributed by atoms with van der Waals surface area (Å²) in [4.78, 5) is 14.2. The first-order valence-corrected chi connectivity index (χ1v) is 6.21. The molecule has 1 saturated heterocycles. The van der Waals surface area contributed by atoms with Gasteiger partial charge in [-0.15, -0.1) is 0 Å². The number of ether oxygens (including phenoxy) is 2. The van der Waals surface area contributed by atoms with Gasteiger partial charge in [-0.1, -0.05) is 0 Å². The summed E-state index contributed by atoms with van der Waals surface area (Å²) in [5.41, 5.74) is -0.651. The quantitative estimate of drug-likeness (QED) is 0.703. The molecule has 1 rings (SSSR count). The van der Waals surface area contributed by atoms with Crippen molar-refractivity contribution in [2.24, 2.45) is 0 Å². The molecule has 0 aromatic heterocycles. The van der Waals surface area contributed by atoms with E-state index in [0.29, 0.717) is 19.2 Å². The number of nitrogens with one attached hydrogen (secondary N) is 1. The van der Waals surface area contributed by atoms with Crippen molar-refractivity contribution in [1.82, 2.24) is 10.2 Å². The number of rotatable bonds is 5. The maximum Gasteiger partial charge on any atom is 0.327 e. The summed E-state index contributed by atoms with van der Waals surface area (Å²) in [6.07, 6.45) is 0. The first-order valence-electron chi connectivity index (χ1n) is 6.21. The van der Waals surface area contributed by atoms with Crippen LogP contribution in [0.4, 0.5) is 0 Å². The van der Waals surface area contributed by atoms with E-state index in [1.54, 1.807) is 7.05 Å². The Hall–Kier alpha value is -0.650. The number of carbonyl (C=O) groups excluding carboxylic acids is 1. The zero-order valence-corrected chi connectivity index (χ0v) is 11.3. The van der Waals surface area contributed by atoms with Crippen molar-refractivity contribution in [3.8, 4) is 0 Å². The lowest BCUT2D eigenvalue weighted by atomic mass is 10.0. The Morgan fingerprint density at radius 1 is 1.65 bits per heavy atom. The Morgan fingerprint density at radius 2 is 2.35 bits per heavy atom. The van der Waals surface area contributed by atoms with Crippen LogP contribution < -0.4 is 5.32 Å². The molecule has 1 aliphatic heterocycles. The first-order chi connectivity index (χ1) is 8.03. The topological polar surface area (TPSA) is 50.8 Å². The van der Waals surface area contributed by atoms with Crippen molar-refractivity contribution in [2.75, 3.05) is 40.0 Å². The van der Waals surface area contributed by atoms with Gasteiger partial charge in [0.15, 0.2) is 0 Å². The number of carbonyl (C=O) groups is 1. The standard InChI is InChI=1S/C12H24N2O3/c1-5-17-11(15)12(3,13-4)9-14-6-7-16-8-10(14)2/h10,13H,5-9H2,1-4H3. The zero-order valence-electron chi connectivity index (χ0n) is 11.3. The molecule has 5 heteroatoms. The maximum absolute atomic E-state index is 11.9. The largest absolute Gasteiger partial charge is 0.465 e. The maximum atomic E-state index is 11.9. The monoisotopic (exact) mass is 244 g/mol. The Bertz CT molecular complexity index is 260. The van der Waals surface area contributed by atoms with E-state index in [-0.39, 0.29) is 5.97 Å². The van der Waals surface area contributed by atoms with E-state index >= 15 is 0 Å². The van der Waals surface area contributed by atoms with Crippen LogP contribution >= 0.6 is 0 Å². The Labute approximate surface area is 103 Å². The molecule has 0 radical (unpaired) electrons. The van der Waals surface area contributed by atoms with Gasteiger partial charge in [0.1, 0.15) is 5.54 Å². The lowest BCUT2D eigenvalue weighted by molar-refractivity contribution is -0.152. The molecule has 0 aliphatic carbocycles. The Balaban J connectivity index is 2.63. The molecule has 2 atom stereocenters. The average molecular weight is 244 g/mol. The fourth-order valence-corrected chi connectivity index (χ4v) is 1.94. The molecule has 1 heterocycles. The van der Waals surface area contributed by atoms with Gasteiger partial charge in [-0.2, -0.15) is 0 Å². The number of esters is 1. The highest BCUT2D eigenvalue weighted by atomic mass is 16.5. The summed E-state index contributed by atoms with van der Waals surface area (Å²) in [7, 11) is 1.79. The third kappa shape index (κ3) is 3.66. The fourth-order valence-electron chi connectivity index (χ4n) is 1.94. The normalized spacial score (nSPS) is 25.3. The molecule has 0 amide bonds. The van der Waals surface area contributed by atoms with Gasteiger partial charge >= 0.3 is 5.97 Å². The smallest absolute Gasteiger partial charge is 0.327 e. The Kier molecular flexibility index (Phi) is 5.36. The van der Waals surface area contributed by atoms with Crippen molar-refractivity contribution in [1.29, 1.82) is 0 Å². The van der Waals surface area contributed by atoms with Crippen LogP contribution in [0.15, 0.2) is 0 Å². The van der Waals surface area contributed by atoms with Gasteiger partial charge in [-0.3, -0.25) is 9.69 Å². The van der Waals surface area contributed by atoms with E-state index in [1.807, 2.05) is 13.8 Å². The number of hydrogen-bond donors (Lipinski definition) is 1. The SMILES string of the molecule is CCOC(=O)C(C)(CN1CCOCC1C)NC. The highest BCUT2D eigenvalue weighted by molar-refractivity contribution is 5.80. The van der Waals surface area contributed by atoms with Crippen LogP contribution in [0.1, 0.15) is 20.8 Å². The van der Waals surface area contributed by atoms with Gasteiger partial charge in [0, 0.05) is 19.1 Å². The van der Waals surface area contributed by atoms with E-state index in [4.69, 9.17) is 9.47 Å². The predicted molar refractivity (Wildman–Crippen MR) is 66.0 cm³/mol. The van der Waals surface area contributed by atoms with Gasteiger partial charge < -0.3 is 14.8 Å². The van der Waals surface area contributed by atoms with Crippen LogP contribution in [0, 0.1) is 0 Å². The number of morpholine rings is 1.